The minimum absolute atomic E-state index is 0.0202. The van der Waals surface area contributed by atoms with Crippen molar-refractivity contribution in [3.63, 3.8) is 0 Å². The number of hydrogen-bond donors (Lipinski definition) is 0. The minimum Gasteiger partial charge on any atom is -0.494 e. The Kier molecular flexibility index (Phi) is 5.16. The lowest BCUT2D eigenvalue weighted by Gasteiger charge is -2.07. The van der Waals surface area contributed by atoms with E-state index in [0.717, 1.165) is 0 Å². The molecule has 0 saturated heterocycles. The van der Waals surface area contributed by atoms with Crippen LogP contribution in [0.15, 0.2) is 57.9 Å². The van der Waals surface area contributed by atoms with Crippen molar-refractivity contribution in [3.8, 4) is 5.75 Å². The predicted molar refractivity (Wildman–Crippen MR) is 98.2 cm³/mol. The number of ether oxygens (including phenoxy) is 2. The molecule has 9 heteroatoms. The molecule has 0 N–H and O–H groups in total. The summed E-state index contributed by atoms with van der Waals surface area (Å²) in [5.41, 5.74) is 10.5. The van der Waals surface area contributed by atoms with Crippen molar-refractivity contribution in [1.29, 1.82) is 0 Å². The summed E-state index contributed by atoms with van der Waals surface area (Å²) in [6, 6.07) is 12.8. The largest absolute Gasteiger partial charge is 0.494 e. The van der Waals surface area contributed by atoms with Crippen LogP contribution in [0.3, 0.4) is 0 Å². The summed E-state index contributed by atoms with van der Waals surface area (Å²) in [5, 5.41) is 0. The molecule has 27 heavy (non-hydrogen) atoms. The topological polar surface area (TPSA) is 118 Å². The molecule has 0 amide bonds. The Hall–Kier alpha value is -3.29. The Labute approximate surface area is 155 Å². The van der Waals surface area contributed by atoms with Crippen LogP contribution < -0.4 is 4.74 Å². The fraction of sp³-hybridized carbons (Fsp3) is 0.167. The van der Waals surface area contributed by atoms with Crippen LogP contribution in [0.1, 0.15) is 18.1 Å². The number of esters is 1. The number of azide groups is 1. The van der Waals surface area contributed by atoms with Crippen LogP contribution in [-0.4, -0.2) is 27.6 Å². The van der Waals surface area contributed by atoms with Crippen molar-refractivity contribution >= 4 is 27.1 Å². The van der Waals surface area contributed by atoms with Gasteiger partial charge in [-0.25, -0.2) is 13.2 Å². The van der Waals surface area contributed by atoms with Crippen molar-refractivity contribution in [1.82, 2.24) is 0 Å². The first-order valence-corrected chi connectivity index (χ1v) is 9.45. The van der Waals surface area contributed by atoms with Gasteiger partial charge in [0, 0.05) is 15.0 Å². The number of benzene rings is 2. The van der Waals surface area contributed by atoms with Crippen molar-refractivity contribution < 1.29 is 22.7 Å². The molecule has 0 aromatic heterocycles. The highest BCUT2D eigenvalue weighted by Gasteiger charge is 2.28. The second-order valence-electron chi connectivity index (χ2n) is 5.56. The molecule has 0 radical (unpaired) electrons. The SMILES string of the molecule is CCOc1ccc(C2=C(c3cccc(S(=O)(=O)N=[N+]=[N-])c3)COC2=O)cc1. The Bertz CT molecular complexity index is 1070. The molecule has 138 valence electrons. The molecule has 0 bridgehead atoms. The van der Waals surface area contributed by atoms with Crippen LogP contribution in [0, 0.1) is 0 Å². The quantitative estimate of drug-likeness (QED) is 0.326. The van der Waals surface area contributed by atoms with Gasteiger partial charge in [-0.05, 0) is 47.8 Å². The molecule has 1 aliphatic heterocycles. The number of nitrogens with zero attached hydrogens (tertiary/aromatic N) is 3. The number of sulfonamides is 1. The van der Waals surface area contributed by atoms with Gasteiger partial charge in [-0.3, -0.25) is 0 Å². The fourth-order valence-electron chi connectivity index (χ4n) is 2.75. The van der Waals surface area contributed by atoms with Gasteiger partial charge in [0.15, 0.2) is 0 Å². The van der Waals surface area contributed by atoms with Crippen LogP contribution in [0.5, 0.6) is 5.75 Å². The average Bonchev–Trinajstić information content (AvgIpc) is 3.04. The highest BCUT2D eigenvalue weighted by atomic mass is 32.2. The zero-order valence-corrected chi connectivity index (χ0v) is 15.1. The van der Waals surface area contributed by atoms with Gasteiger partial charge < -0.3 is 9.47 Å². The molecule has 0 spiro atoms. The summed E-state index contributed by atoms with van der Waals surface area (Å²) >= 11 is 0. The van der Waals surface area contributed by atoms with E-state index in [1.54, 1.807) is 30.3 Å². The van der Waals surface area contributed by atoms with Gasteiger partial charge >= 0.3 is 5.97 Å². The van der Waals surface area contributed by atoms with Gasteiger partial charge in [-0.2, -0.15) is 0 Å². The lowest BCUT2D eigenvalue weighted by Crippen LogP contribution is -1.99. The molecular formula is C18H15N3O5S. The van der Waals surface area contributed by atoms with Crippen LogP contribution in [0.4, 0.5) is 0 Å². The number of carbonyl (C=O) groups excluding carboxylic acids is 1. The standard InChI is InChI=1S/C18H15N3O5S/c1-2-25-14-8-6-12(7-9-14)17-16(11-26-18(17)22)13-4-3-5-15(10-13)27(23,24)21-20-19/h3-10H,2,11H2,1H3. The van der Waals surface area contributed by atoms with Crippen molar-refractivity contribution in [3.05, 3.63) is 70.1 Å². The first kappa shape index (κ1) is 18.5. The van der Waals surface area contributed by atoms with Crippen molar-refractivity contribution in [2.24, 2.45) is 4.52 Å². The number of cyclic esters (lactones) is 1. The van der Waals surface area contributed by atoms with Crippen molar-refractivity contribution in [2.45, 2.75) is 11.8 Å². The smallest absolute Gasteiger partial charge is 0.339 e. The molecule has 8 nitrogen and oxygen atoms in total. The molecule has 0 atom stereocenters. The zero-order valence-electron chi connectivity index (χ0n) is 14.3. The van der Waals surface area contributed by atoms with Crippen LogP contribution in [0.25, 0.3) is 21.6 Å². The summed E-state index contributed by atoms with van der Waals surface area (Å²) in [4.78, 5) is 14.4. The van der Waals surface area contributed by atoms with Crippen LogP contribution >= 0.6 is 0 Å². The lowest BCUT2D eigenvalue weighted by molar-refractivity contribution is -0.133. The van der Waals surface area contributed by atoms with Crippen LogP contribution in [-0.2, 0) is 19.6 Å². The minimum atomic E-state index is -4.13. The second-order valence-corrected chi connectivity index (χ2v) is 7.15. The predicted octanol–water partition coefficient (Wildman–Crippen LogP) is 3.55. The summed E-state index contributed by atoms with van der Waals surface area (Å²) in [5.74, 6) is 0.190. The van der Waals surface area contributed by atoms with E-state index in [4.69, 9.17) is 15.0 Å². The van der Waals surface area contributed by atoms with E-state index in [9.17, 15) is 13.2 Å². The molecule has 0 aliphatic carbocycles. The molecule has 0 fully saturated rings. The molecule has 0 unspecified atom stereocenters. The maximum Gasteiger partial charge on any atom is 0.339 e. The summed E-state index contributed by atoms with van der Waals surface area (Å²) < 4.78 is 37.3. The van der Waals surface area contributed by atoms with Crippen molar-refractivity contribution in [2.75, 3.05) is 13.2 Å². The van der Waals surface area contributed by atoms with Gasteiger partial charge in [-0.1, -0.05) is 24.3 Å². The summed E-state index contributed by atoms with van der Waals surface area (Å²) in [6.07, 6.45) is 0. The third-order valence-electron chi connectivity index (χ3n) is 3.93. The van der Waals surface area contributed by atoms with Gasteiger partial charge in [0.2, 0.25) is 0 Å². The Morgan fingerprint density at radius 2 is 1.93 bits per heavy atom. The lowest BCUT2D eigenvalue weighted by atomic mass is 9.97. The van der Waals surface area contributed by atoms with Gasteiger partial charge in [0.25, 0.3) is 10.0 Å². The van der Waals surface area contributed by atoms with Crippen LogP contribution in [0.2, 0.25) is 0 Å². The highest BCUT2D eigenvalue weighted by Crippen LogP contribution is 2.34. The van der Waals surface area contributed by atoms with E-state index >= 15 is 0 Å². The Morgan fingerprint density at radius 1 is 1.19 bits per heavy atom. The van der Waals surface area contributed by atoms with Gasteiger partial charge in [-0.15, -0.1) is 0 Å². The van der Waals surface area contributed by atoms with E-state index in [0.29, 0.717) is 34.6 Å². The van der Waals surface area contributed by atoms with E-state index in [2.05, 4.69) is 9.43 Å². The van der Waals surface area contributed by atoms with E-state index < -0.39 is 16.0 Å². The third-order valence-corrected chi connectivity index (χ3v) is 5.07. The molecule has 2 aromatic rings. The highest BCUT2D eigenvalue weighted by molar-refractivity contribution is 7.90. The molecular weight excluding hydrogens is 370 g/mol. The van der Waals surface area contributed by atoms with E-state index in [1.165, 1.54) is 18.2 Å². The first-order chi connectivity index (χ1) is 13.0. The molecule has 3 rings (SSSR count). The van der Waals surface area contributed by atoms with E-state index in [1.807, 2.05) is 6.92 Å². The Balaban J connectivity index is 2.08. The maximum absolute atomic E-state index is 12.3. The number of hydrogen-bond acceptors (Lipinski definition) is 5. The fourth-order valence-corrected chi connectivity index (χ4v) is 3.47. The first-order valence-electron chi connectivity index (χ1n) is 8.01. The third kappa shape index (κ3) is 3.79. The van der Waals surface area contributed by atoms with Gasteiger partial charge in [0.05, 0.1) is 17.1 Å². The zero-order chi connectivity index (χ0) is 19.4. The van der Waals surface area contributed by atoms with E-state index in [-0.39, 0.29) is 11.5 Å². The summed E-state index contributed by atoms with van der Waals surface area (Å²) in [7, 11) is -4.13. The number of rotatable bonds is 6. The molecule has 1 heterocycles. The number of carbonyl (C=O) groups is 1. The molecule has 1 aliphatic rings. The second kappa shape index (κ2) is 7.53. The molecule has 2 aromatic carbocycles. The average molecular weight is 385 g/mol. The normalized spacial score (nSPS) is 13.9. The Morgan fingerprint density at radius 3 is 2.59 bits per heavy atom. The monoisotopic (exact) mass is 385 g/mol. The maximum atomic E-state index is 12.3. The summed E-state index contributed by atoms with van der Waals surface area (Å²) in [6.45, 7) is 2.43. The van der Waals surface area contributed by atoms with Gasteiger partial charge in [0.1, 0.15) is 12.4 Å². The molecule has 0 saturated carbocycles.